The number of thioether (sulfide) groups is 1. The molecule has 0 aliphatic carbocycles. The van der Waals surface area contributed by atoms with Gasteiger partial charge in [-0.2, -0.15) is 0 Å². The van der Waals surface area contributed by atoms with Crippen LogP contribution in [0.5, 0.6) is 5.75 Å². The van der Waals surface area contributed by atoms with Crippen molar-refractivity contribution in [3.8, 4) is 5.75 Å². The molecule has 0 radical (unpaired) electrons. The van der Waals surface area contributed by atoms with Crippen molar-refractivity contribution in [2.24, 2.45) is 5.92 Å². The van der Waals surface area contributed by atoms with Crippen molar-refractivity contribution in [2.75, 3.05) is 4.90 Å². The number of rotatable bonds is 5. The fourth-order valence-corrected chi connectivity index (χ4v) is 7.63. The van der Waals surface area contributed by atoms with E-state index in [1.165, 1.54) is 16.7 Å². The predicted molar refractivity (Wildman–Crippen MR) is 146 cm³/mol. The van der Waals surface area contributed by atoms with Crippen LogP contribution in [-0.2, 0) is 16.2 Å². The molecule has 2 amide bonds. The van der Waals surface area contributed by atoms with Gasteiger partial charge in [0.05, 0.1) is 16.6 Å². The van der Waals surface area contributed by atoms with Crippen molar-refractivity contribution < 1.29 is 14.3 Å². The zero-order chi connectivity index (χ0) is 25.7. The predicted octanol–water partition coefficient (Wildman–Crippen LogP) is 5.77. The number of aryl methyl sites for hydroxylation is 1. The second kappa shape index (κ2) is 9.52. The van der Waals surface area contributed by atoms with E-state index in [-0.39, 0.29) is 16.7 Å². The molecule has 6 rings (SSSR count). The van der Waals surface area contributed by atoms with Gasteiger partial charge in [0.15, 0.2) is 0 Å². The largest absolute Gasteiger partial charge is 0.489 e. The van der Waals surface area contributed by atoms with Crippen LogP contribution in [0.4, 0.5) is 5.69 Å². The Balaban J connectivity index is 1.43. The molecule has 0 saturated carbocycles. The number of ether oxygens (including phenoxy) is 1. The Kier molecular flexibility index (Phi) is 6.18. The summed E-state index contributed by atoms with van der Waals surface area (Å²) < 4.78 is 6.30. The molecule has 9 heteroatoms. The van der Waals surface area contributed by atoms with Crippen LogP contribution in [0.2, 0.25) is 5.02 Å². The minimum absolute atomic E-state index is 0.213. The van der Waals surface area contributed by atoms with E-state index in [0.717, 1.165) is 32.9 Å². The molecule has 3 aromatic carbocycles. The molecular weight excluding hydrogens is 528 g/mol. The first kappa shape index (κ1) is 24.0. The molecule has 2 aliphatic rings. The standard InChI is InChI=1S/C28H21ClN2O4S2/c1-15-6-2-3-7-16(15)14-35-20-9-5-4-8-19(20)21-22-24(36-25-23(21)37-28(34)30-25)27(33)31(26(22)32)18-12-10-17(29)11-13-18/h2-13,21-22,24H,14H2,1H3,(H,30,34)/t21-,22?,24?/m1/s1. The third-order valence-corrected chi connectivity index (χ3v) is 9.46. The molecule has 3 heterocycles. The lowest BCUT2D eigenvalue weighted by Gasteiger charge is -2.30. The third kappa shape index (κ3) is 4.19. The maximum Gasteiger partial charge on any atom is 0.305 e. The number of nitrogens with one attached hydrogen (secondary N) is 1. The Hall–Kier alpha value is -3.33. The first-order valence-corrected chi connectivity index (χ1v) is 13.8. The number of fused-ring (bicyclic) bond motifs is 2. The number of hydrogen-bond donors (Lipinski definition) is 1. The smallest absolute Gasteiger partial charge is 0.305 e. The van der Waals surface area contributed by atoms with Gasteiger partial charge in [-0.15, -0.1) is 0 Å². The summed E-state index contributed by atoms with van der Waals surface area (Å²) in [6.07, 6.45) is 0. The number of para-hydroxylation sites is 1. The number of halogens is 1. The van der Waals surface area contributed by atoms with E-state index in [1.807, 2.05) is 55.5 Å². The van der Waals surface area contributed by atoms with E-state index in [1.54, 1.807) is 24.3 Å². The van der Waals surface area contributed by atoms with Gasteiger partial charge >= 0.3 is 4.87 Å². The lowest BCUT2D eigenvalue weighted by atomic mass is 9.82. The molecule has 0 spiro atoms. The SMILES string of the molecule is Cc1ccccc1COc1ccccc1[C@H]1c2sc(=O)[nH]c2SC2C(=O)N(c3ccc(Cl)cc3)C(=O)C21. The van der Waals surface area contributed by atoms with E-state index in [4.69, 9.17) is 16.3 Å². The number of carbonyl (C=O) groups is 2. The fraction of sp³-hybridized carbons (Fsp3) is 0.179. The van der Waals surface area contributed by atoms with Crippen LogP contribution < -0.4 is 14.5 Å². The molecule has 2 unspecified atom stereocenters. The number of hydrogen-bond acceptors (Lipinski definition) is 6. The number of carbonyl (C=O) groups excluding carboxylic acids is 2. The quantitative estimate of drug-likeness (QED) is 0.320. The average Bonchev–Trinajstić information content (AvgIpc) is 3.39. The minimum atomic E-state index is -0.685. The monoisotopic (exact) mass is 548 g/mol. The Morgan fingerprint density at radius 3 is 2.46 bits per heavy atom. The van der Waals surface area contributed by atoms with Crippen LogP contribution in [0.1, 0.15) is 27.5 Å². The van der Waals surface area contributed by atoms with E-state index < -0.39 is 17.1 Å². The van der Waals surface area contributed by atoms with Crippen LogP contribution in [0, 0.1) is 12.8 Å². The van der Waals surface area contributed by atoms with Crippen LogP contribution in [0.25, 0.3) is 0 Å². The first-order valence-electron chi connectivity index (χ1n) is 11.7. The van der Waals surface area contributed by atoms with E-state index in [9.17, 15) is 14.4 Å². The van der Waals surface area contributed by atoms with Gasteiger partial charge in [0, 0.05) is 21.4 Å². The molecule has 2 aliphatic heterocycles. The molecule has 6 nitrogen and oxygen atoms in total. The number of imide groups is 1. The summed E-state index contributed by atoms with van der Waals surface area (Å²) in [5.41, 5.74) is 3.44. The molecule has 1 N–H and O–H groups in total. The van der Waals surface area contributed by atoms with Gasteiger partial charge in [-0.1, -0.05) is 77.2 Å². The van der Waals surface area contributed by atoms with Crippen molar-refractivity contribution in [3.05, 3.63) is 109 Å². The summed E-state index contributed by atoms with van der Waals surface area (Å²) in [4.78, 5) is 44.6. The molecule has 1 fully saturated rings. The highest BCUT2D eigenvalue weighted by Crippen LogP contribution is 2.54. The van der Waals surface area contributed by atoms with Gasteiger partial charge < -0.3 is 9.72 Å². The zero-order valence-corrected chi connectivity index (χ0v) is 22.0. The highest BCUT2D eigenvalue weighted by Gasteiger charge is 2.56. The number of benzene rings is 3. The maximum absolute atomic E-state index is 13.9. The maximum atomic E-state index is 13.9. The van der Waals surface area contributed by atoms with Crippen LogP contribution >= 0.6 is 34.7 Å². The van der Waals surface area contributed by atoms with E-state index in [2.05, 4.69) is 4.98 Å². The number of nitrogens with zero attached hydrogens (tertiary/aromatic N) is 1. The minimum Gasteiger partial charge on any atom is -0.489 e. The second-order valence-corrected chi connectivity index (χ2v) is 11.6. The number of amides is 2. The van der Waals surface area contributed by atoms with Gasteiger partial charge in [0.2, 0.25) is 11.8 Å². The number of H-pyrrole nitrogens is 1. The molecule has 4 aromatic rings. The first-order chi connectivity index (χ1) is 17.9. The summed E-state index contributed by atoms with van der Waals surface area (Å²) in [6.45, 7) is 2.39. The van der Waals surface area contributed by atoms with Gasteiger partial charge in [-0.25, -0.2) is 4.90 Å². The third-order valence-electron chi connectivity index (χ3n) is 6.81. The summed E-state index contributed by atoms with van der Waals surface area (Å²) in [7, 11) is 0. The molecule has 186 valence electrons. The number of thiazole rings is 1. The lowest BCUT2D eigenvalue weighted by Crippen LogP contribution is -2.32. The molecular formula is C28H21ClN2O4S2. The van der Waals surface area contributed by atoms with Crippen molar-refractivity contribution >= 4 is 52.2 Å². The lowest BCUT2D eigenvalue weighted by molar-refractivity contribution is -0.122. The highest BCUT2D eigenvalue weighted by atomic mass is 35.5. The van der Waals surface area contributed by atoms with Crippen LogP contribution in [0.15, 0.2) is 82.6 Å². The molecule has 1 saturated heterocycles. The van der Waals surface area contributed by atoms with E-state index >= 15 is 0 Å². The van der Waals surface area contributed by atoms with Crippen LogP contribution in [-0.4, -0.2) is 22.0 Å². The number of anilines is 1. The van der Waals surface area contributed by atoms with Crippen molar-refractivity contribution in [2.45, 2.75) is 29.7 Å². The molecule has 1 aromatic heterocycles. The van der Waals surface area contributed by atoms with Gasteiger partial charge in [0.25, 0.3) is 0 Å². The van der Waals surface area contributed by atoms with Crippen molar-refractivity contribution in [1.29, 1.82) is 0 Å². The summed E-state index contributed by atoms with van der Waals surface area (Å²) in [6, 6.07) is 22.2. The number of aromatic nitrogens is 1. The highest BCUT2D eigenvalue weighted by molar-refractivity contribution is 8.00. The molecule has 0 bridgehead atoms. The summed E-state index contributed by atoms with van der Waals surface area (Å²) in [5, 5.41) is 0.483. The van der Waals surface area contributed by atoms with Gasteiger partial charge in [-0.05, 0) is 48.4 Å². The van der Waals surface area contributed by atoms with Crippen molar-refractivity contribution in [3.63, 3.8) is 0 Å². The summed E-state index contributed by atoms with van der Waals surface area (Å²) >= 11 is 8.38. The Morgan fingerprint density at radius 2 is 1.68 bits per heavy atom. The van der Waals surface area contributed by atoms with Gasteiger partial charge in [0.1, 0.15) is 17.6 Å². The van der Waals surface area contributed by atoms with Gasteiger partial charge in [-0.3, -0.25) is 14.4 Å². The Labute approximate surface area is 226 Å². The Morgan fingerprint density at radius 1 is 0.946 bits per heavy atom. The van der Waals surface area contributed by atoms with E-state index in [0.29, 0.717) is 28.1 Å². The summed E-state index contributed by atoms with van der Waals surface area (Å²) in [5.74, 6) is -1.17. The second-order valence-electron chi connectivity index (χ2n) is 8.99. The topological polar surface area (TPSA) is 79.5 Å². The Bertz CT molecular complexity index is 1580. The number of aromatic amines is 1. The van der Waals surface area contributed by atoms with Crippen molar-refractivity contribution in [1.82, 2.24) is 4.98 Å². The zero-order valence-electron chi connectivity index (χ0n) is 19.6. The fourth-order valence-electron chi connectivity index (χ4n) is 4.99. The van der Waals surface area contributed by atoms with Crippen LogP contribution in [0.3, 0.4) is 0 Å². The normalized spacial score (nSPS) is 20.6. The average molecular weight is 549 g/mol. The molecule has 37 heavy (non-hydrogen) atoms. The molecule has 3 atom stereocenters.